The van der Waals surface area contributed by atoms with Crippen molar-refractivity contribution in [2.45, 2.75) is 40.0 Å². The van der Waals surface area contributed by atoms with Gasteiger partial charge in [-0.05, 0) is 24.0 Å². The van der Waals surface area contributed by atoms with E-state index < -0.39 is 0 Å². The predicted octanol–water partition coefficient (Wildman–Crippen LogP) is 3.01. The van der Waals surface area contributed by atoms with Crippen molar-refractivity contribution in [2.24, 2.45) is 0 Å². The van der Waals surface area contributed by atoms with Crippen LogP contribution in [-0.2, 0) is 14.3 Å². The third kappa shape index (κ3) is 4.39. The van der Waals surface area contributed by atoms with Crippen molar-refractivity contribution in [2.75, 3.05) is 11.9 Å². The SMILES string of the molecule is CCC(=O)OCC(=O)Nc1c(C)cccc1C(C)C. The Balaban J connectivity index is 2.76. The van der Waals surface area contributed by atoms with Crippen molar-refractivity contribution < 1.29 is 14.3 Å². The van der Waals surface area contributed by atoms with E-state index in [-0.39, 0.29) is 24.9 Å². The van der Waals surface area contributed by atoms with Crippen molar-refractivity contribution >= 4 is 17.6 Å². The van der Waals surface area contributed by atoms with E-state index in [1.807, 2.05) is 25.1 Å². The number of benzene rings is 1. The first-order chi connectivity index (χ1) is 8.95. The predicted molar refractivity (Wildman–Crippen MR) is 75.1 cm³/mol. The molecule has 0 unspecified atom stereocenters. The number of esters is 1. The Morgan fingerprint density at radius 3 is 2.58 bits per heavy atom. The second-order valence-corrected chi connectivity index (χ2v) is 4.76. The van der Waals surface area contributed by atoms with Crippen LogP contribution in [0.5, 0.6) is 0 Å². The highest BCUT2D eigenvalue weighted by atomic mass is 16.5. The molecule has 0 saturated heterocycles. The van der Waals surface area contributed by atoms with E-state index in [9.17, 15) is 9.59 Å². The van der Waals surface area contributed by atoms with Gasteiger partial charge in [0.1, 0.15) is 0 Å². The van der Waals surface area contributed by atoms with Crippen LogP contribution in [0.4, 0.5) is 5.69 Å². The molecule has 1 N–H and O–H groups in total. The summed E-state index contributed by atoms with van der Waals surface area (Å²) >= 11 is 0. The highest BCUT2D eigenvalue weighted by Crippen LogP contribution is 2.27. The molecule has 0 aliphatic rings. The van der Waals surface area contributed by atoms with Gasteiger partial charge in [0.05, 0.1) is 0 Å². The van der Waals surface area contributed by atoms with Crippen LogP contribution in [-0.4, -0.2) is 18.5 Å². The molecule has 1 aromatic rings. The molecule has 0 atom stereocenters. The van der Waals surface area contributed by atoms with Crippen LogP contribution in [0.3, 0.4) is 0 Å². The first-order valence-electron chi connectivity index (χ1n) is 6.50. The van der Waals surface area contributed by atoms with Crippen LogP contribution >= 0.6 is 0 Å². The Labute approximate surface area is 114 Å². The number of carbonyl (C=O) groups is 2. The van der Waals surface area contributed by atoms with E-state index in [1.54, 1.807) is 6.92 Å². The molecule has 0 aliphatic heterocycles. The highest BCUT2D eigenvalue weighted by Gasteiger charge is 2.12. The zero-order valence-electron chi connectivity index (χ0n) is 11.9. The number of hydrogen-bond donors (Lipinski definition) is 1. The van der Waals surface area contributed by atoms with Gasteiger partial charge in [0, 0.05) is 12.1 Å². The third-order valence-corrected chi connectivity index (χ3v) is 2.84. The lowest BCUT2D eigenvalue weighted by Crippen LogP contribution is -2.21. The molecular formula is C15H21NO3. The Bertz CT molecular complexity index is 466. The molecule has 0 aromatic heterocycles. The molecule has 19 heavy (non-hydrogen) atoms. The summed E-state index contributed by atoms with van der Waals surface area (Å²) in [6.07, 6.45) is 0.273. The van der Waals surface area contributed by atoms with Crippen LogP contribution in [0.1, 0.15) is 44.2 Å². The molecule has 0 bridgehead atoms. The fourth-order valence-corrected chi connectivity index (χ4v) is 1.77. The minimum Gasteiger partial charge on any atom is -0.456 e. The Morgan fingerprint density at radius 2 is 2.00 bits per heavy atom. The summed E-state index contributed by atoms with van der Waals surface area (Å²) in [6.45, 7) is 7.54. The molecule has 0 radical (unpaired) electrons. The van der Waals surface area contributed by atoms with Gasteiger partial charge in [-0.15, -0.1) is 0 Å². The maximum atomic E-state index is 11.8. The van der Waals surface area contributed by atoms with Crippen molar-refractivity contribution in [3.05, 3.63) is 29.3 Å². The fourth-order valence-electron chi connectivity index (χ4n) is 1.77. The van der Waals surface area contributed by atoms with Crippen LogP contribution in [0.15, 0.2) is 18.2 Å². The molecule has 0 heterocycles. The number of anilines is 1. The number of rotatable bonds is 5. The Kier molecular flexibility index (Phi) is 5.55. The lowest BCUT2D eigenvalue weighted by Gasteiger charge is -2.16. The number of carbonyl (C=O) groups excluding carboxylic acids is 2. The summed E-state index contributed by atoms with van der Waals surface area (Å²) in [5.74, 6) is -0.365. The van der Waals surface area contributed by atoms with E-state index in [0.717, 1.165) is 16.8 Å². The van der Waals surface area contributed by atoms with Gasteiger partial charge < -0.3 is 10.1 Å². The molecule has 4 heteroatoms. The molecular weight excluding hydrogens is 242 g/mol. The maximum absolute atomic E-state index is 11.8. The molecule has 104 valence electrons. The summed E-state index contributed by atoms with van der Waals surface area (Å²) in [5.41, 5.74) is 2.89. The molecule has 0 aliphatic carbocycles. The summed E-state index contributed by atoms with van der Waals surface area (Å²) in [7, 11) is 0. The van der Waals surface area contributed by atoms with E-state index in [4.69, 9.17) is 4.74 Å². The van der Waals surface area contributed by atoms with Crippen molar-refractivity contribution in [1.29, 1.82) is 0 Å². The van der Waals surface area contributed by atoms with Crippen molar-refractivity contribution in [1.82, 2.24) is 0 Å². The van der Waals surface area contributed by atoms with Gasteiger partial charge >= 0.3 is 5.97 Å². The molecule has 0 saturated carbocycles. The van der Waals surface area contributed by atoms with Gasteiger partial charge in [0.15, 0.2) is 6.61 Å². The topological polar surface area (TPSA) is 55.4 Å². The van der Waals surface area contributed by atoms with Gasteiger partial charge in [-0.3, -0.25) is 9.59 Å². The summed E-state index contributed by atoms with van der Waals surface area (Å²) in [5, 5.41) is 2.82. The van der Waals surface area contributed by atoms with Gasteiger partial charge in [-0.2, -0.15) is 0 Å². The second kappa shape index (κ2) is 6.92. The maximum Gasteiger partial charge on any atom is 0.306 e. The first-order valence-corrected chi connectivity index (χ1v) is 6.50. The van der Waals surface area contributed by atoms with Crippen LogP contribution < -0.4 is 5.32 Å². The summed E-state index contributed by atoms with van der Waals surface area (Å²) in [6, 6.07) is 5.91. The van der Waals surface area contributed by atoms with Crippen molar-refractivity contribution in [3.63, 3.8) is 0 Å². The van der Waals surface area contributed by atoms with Gasteiger partial charge in [-0.1, -0.05) is 39.0 Å². The second-order valence-electron chi connectivity index (χ2n) is 4.76. The van der Waals surface area contributed by atoms with Gasteiger partial charge in [-0.25, -0.2) is 0 Å². The van der Waals surface area contributed by atoms with Crippen LogP contribution in [0, 0.1) is 6.92 Å². The molecule has 1 rings (SSSR count). The van der Waals surface area contributed by atoms with Crippen molar-refractivity contribution in [3.8, 4) is 0 Å². The third-order valence-electron chi connectivity index (χ3n) is 2.84. The number of aryl methyl sites for hydroxylation is 1. The Morgan fingerprint density at radius 1 is 1.32 bits per heavy atom. The molecule has 1 aromatic carbocycles. The zero-order chi connectivity index (χ0) is 14.4. The number of nitrogens with one attached hydrogen (secondary N) is 1. The van der Waals surface area contributed by atoms with E-state index >= 15 is 0 Å². The molecule has 1 amide bonds. The first kappa shape index (κ1) is 15.2. The average Bonchev–Trinajstić information content (AvgIpc) is 2.38. The van der Waals surface area contributed by atoms with E-state index in [2.05, 4.69) is 19.2 Å². The van der Waals surface area contributed by atoms with Gasteiger partial charge in [0.2, 0.25) is 0 Å². The molecule has 0 fully saturated rings. The smallest absolute Gasteiger partial charge is 0.306 e. The van der Waals surface area contributed by atoms with Crippen LogP contribution in [0.25, 0.3) is 0 Å². The highest BCUT2D eigenvalue weighted by molar-refractivity contribution is 5.94. The minimum atomic E-state index is -0.371. The zero-order valence-corrected chi connectivity index (χ0v) is 11.9. The van der Waals surface area contributed by atoms with Gasteiger partial charge in [0.25, 0.3) is 5.91 Å². The lowest BCUT2D eigenvalue weighted by atomic mass is 9.98. The van der Waals surface area contributed by atoms with Crippen LogP contribution in [0.2, 0.25) is 0 Å². The summed E-state index contributed by atoms with van der Waals surface area (Å²) < 4.78 is 4.81. The largest absolute Gasteiger partial charge is 0.456 e. The van der Waals surface area contributed by atoms with E-state index in [0.29, 0.717) is 5.92 Å². The van der Waals surface area contributed by atoms with E-state index in [1.165, 1.54) is 0 Å². The summed E-state index contributed by atoms with van der Waals surface area (Å²) in [4.78, 5) is 22.8. The minimum absolute atomic E-state index is 0.238. The quantitative estimate of drug-likeness (QED) is 0.831. The average molecular weight is 263 g/mol. The standard InChI is InChI=1S/C15H21NO3/c1-5-14(18)19-9-13(17)16-15-11(4)7-6-8-12(15)10(2)3/h6-8,10H,5,9H2,1-4H3,(H,16,17). The fraction of sp³-hybridized carbons (Fsp3) is 0.467. The number of ether oxygens (including phenoxy) is 1. The Hall–Kier alpha value is -1.84. The normalized spacial score (nSPS) is 10.4. The molecule has 0 spiro atoms. The monoisotopic (exact) mass is 263 g/mol. The lowest BCUT2D eigenvalue weighted by molar-refractivity contribution is -0.146. The number of para-hydroxylation sites is 1. The number of amides is 1. The molecule has 4 nitrogen and oxygen atoms in total. The number of hydrogen-bond acceptors (Lipinski definition) is 3.